The lowest BCUT2D eigenvalue weighted by molar-refractivity contribution is -0.127. The van der Waals surface area contributed by atoms with Crippen LogP contribution in [0.2, 0.25) is 0 Å². The number of aliphatic hydroxyl groups excluding tert-OH is 2. The highest BCUT2D eigenvalue weighted by molar-refractivity contribution is 5.97. The van der Waals surface area contributed by atoms with Crippen LogP contribution in [0, 0.1) is 5.92 Å². The third-order valence-electron chi connectivity index (χ3n) is 5.81. The number of aromatic hydroxyl groups is 1. The molecule has 1 aliphatic heterocycles. The second kappa shape index (κ2) is 12.9. The molecular weight excluding hydrogens is 464 g/mol. The fraction of sp³-hybridized carbons (Fsp3) is 0.370. The minimum atomic E-state index is -1.58. The highest BCUT2D eigenvalue weighted by Gasteiger charge is 2.25. The van der Waals surface area contributed by atoms with Gasteiger partial charge in [-0.2, -0.15) is 0 Å². The first-order chi connectivity index (χ1) is 17.3. The first kappa shape index (κ1) is 26.9. The van der Waals surface area contributed by atoms with Gasteiger partial charge < -0.3 is 30.1 Å². The number of hydrogen-bond acceptors (Lipinski definition) is 9. The number of ketones is 1. The molecule has 0 amide bonds. The van der Waals surface area contributed by atoms with Crippen LogP contribution in [-0.2, 0) is 9.53 Å². The number of aliphatic hydroxyl groups is 2. The van der Waals surface area contributed by atoms with Crippen molar-refractivity contribution in [2.75, 3.05) is 18.5 Å². The average molecular weight is 497 g/mol. The Hall–Kier alpha value is -3.69. The van der Waals surface area contributed by atoms with E-state index in [9.17, 15) is 24.9 Å². The maximum atomic E-state index is 12.9. The van der Waals surface area contributed by atoms with Crippen LogP contribution < -0.4 is 10.1 Å². The number of aromatic nitrogens is 1. The molecule has 0 saturated heterocycles. The van der Waals surface area contributed by atoms with Crippen molar-refractivity contribution in [2.24, 2.45) is 5.92 Å². The van der Waals surface area contributed by atoms with E-state index in [2.05, 4.69) is 10.3 Å². The van der Waals surface area contributed by atoms with E-state index in [-0.39, 0.29) is 23.7 Å². The van der Waals surface area contributed by atoms with Crippen LogP contribution in [0.5, 0.6) is 11.5 Å². The summed E-state index contributed by atoms with van der Waals surface area (Å²) < 4.78 is 11.3. The highest BCUT2D eigenvalue weighted by Crippen LogP contribution is 2.31. The molecule has 0 saturated carbocycles. The van der Waals surface area contributed by atoms with Gasteiger partial charge in [-0.25, -0.2) is 9.78 Å². The number of pyridine rings is 1. The summed E-state index contributed by atoms with van der Waals surface area (Å²) in [4.78, 5) is 29.3. The summed E-state index contributed by atoms with van der Waals surface area (Å²) in [6.45, 7) is 4.39. The smallest absolute Gasteiger partial charge is 0.342 e. The third kappa shape index (κ3) is 7.40. The van der Waals surface area contributed by atoms with Crippen molar-refractivity contribution in [3.05, 3.63) is 65.9 Å². The fourth-order valence-corrected chi connectivity index (χ4v) is 3.49. The molecule has 1 aliphatic rings. The van der Waals surface area contributed by atoms with Crippen molar-refractivity contribution >= 4 is 23.6 Å². The highest BCUT2D eigenvalue weighted by atomic mass is 16.5. The number of nitrogens with one attached hydrogen (secondary N) is 1. The van der Waals surface area contributed by atoms with Gasteiger partial charge in [0.05, 0.1) is 12.7 Å². The van der Waals surface area contributed by atoms with Crippen molar-refractivity contribution in [1.82, 2.24) is 4.98 Å². The Morgan fingerprint density at radius 2 is 1.97 bits per heavy atom. The van der Waals surface area contributed by atoms with Crippen LogP contribution >= 0.6 is 0 Å². The number of carbonyl (C=O) groups is 2. The summed E-state index contributed by atoms with van der Waals surface area (Å²) >= 11 is 0. The van der Waals surface area contributed by atoms with Crippen LogP contribution in [0.4, 0.5) is 5.82 Å². The topological polar surface area (TPSA) is 138 Å². The first-order valence-electron chi connectivity index (χ1n) is 11.9. The van der Waals surface area contributed by atoms with Gasteiger partial charge >= 0.3 is 5.97 Å². The predicted molar refractivity (Wildman–Crippen MR) is 135 cm³/mol. The fourth-order valence-electron chi connectivity index (χ4n) is 3.49. The van der Waals surface area contributed by atoms with E-state index in [1.807, 2.05) is 18.2 Å². The van der Waals surface area contributed by atoms with Crippen molar-refractivity contribution in [3.63, 3.8) is 0 Å². The number of phenolic OH excluding ortho intramolecular Hbond substituents is 1. The summed E-state index contributed by atoms with van der Waals surface area (Å²) in [5.41, 5.74) is 0.281. The van der Waals surface area contributed by atoms with Crippen LogP contribution in [0.3, 0.4) is 0 Å². The summed E-state index contributed by atoms with van der Waals surface area (Å²) in [6.07, 6.45) is 4.49. The number of fused-ring (bicyclic) bond motifs is 1. The Bertz CT molecular complexity index is 1100. The summed E-state index contributed by atoms with van der Waals surface area (Å²) in [6, 6.07) is 8.53. The van der Waals surface area contributed by atoms with Crippen molar-refractivity contribution in [1.29, 1.82) is 0 Å². The molecule has 2 unspecified atom stereocenters. The molecule has 1 aromatic carbocycles. The molecule has 9 heteroatoms. The van der Waals surface area contributed by atoms with Crippen LogP contribution in [-0.4, -0.2) is 63.5 Å². The monoisotopic (exact) mass is 496 g/mol. The second-order valence-electron chi connectivity index (χ2n) is 8.63. The van der Waals surface area contributed by atoms with Crippen molar-refractivity contribution < 1.29 is 34.4 Å². The number of cyclic esters (lactones) is 1. The maximum absolute atomic E-state index is 12.9. The number of rotatable bonds is 6. The number of benzene rings is 1. The Morgan fingerprint density at radius 1 is 1.17 bits per heavy atom. The molecule has 3 rings (SSSR count). The third-order valence-corrected chi connectivity index (χ3v) is 5.81. The molecule has 0 spiro atoms. The number of esters is 1. The standard InChI is InChI=1S/C27H32N2O7/c1-17-10-11-22(31)26(33)21(30)8-5-7-19-15-20(16-23(32)25(19)27(34)36-18(17)2)35-14-6-13-29-24-9-3-4-12-28-24/h3-5,7,9-12,15-18,21,26,30,32-33H,6,8,13-14H2,1-2H3,(H,28,29)/b7-5+,11-10-/t17-,18?,21?,26+/m1/s1. The largest absolute Gasteiger partial charge is 0.507 e. The van der Waals surface area contributed by atoms with Gasteiger partial charge in [0.2, 0.25) is 0 Å². The van der Waals surface area contributed by atoms with Gasteiger partial charge in [-0.3, -0.25) is 4.79 Å². The Morgan fingerprint density at radius 3 is 2.72 bits per heavy atom. The SMILES string of the molecule is CC1OC(=O)c2c(O)cc(OCCCNc3ccccn3)cc2/C=C/CC(O)[C@H](O)C(=O)/C=C\[C@H]1C. The molecule has 0 fully saturated rings. The normalized spacial score (nSPS) is 24.7. The average Bonchev–Trinajstić information content (AvgIpc) is 2.86. The quantitative estimate of drug-likeness (QED) is 0.351. The van der Waals surface area contributed by atoms with Crippen LogP contribution in [0.1, 0.15) is 42.6 Å². The Kier molecular flexibility index (Phi) is 9.61. The Balaban J connectivity index is 1.77. The van der Waals surface area contributed by atoms with E-state index in [4.69, 9.17) is 9.47 Å². The van der Waals surface area contributed by atoms with Crippen LogP contribution in [0.25, 0.3) is 6.08 Å². The molecule has 9 nitrogen and oxygen atoms in total. The Labute approximate surface area is 210 Å². The van der Waals surface area contributed by atoms with Gasteiger partial charge in [-0.05, 0) is 49.6 Å². The van der Waals surface area contributed by atoms with Crippen LogP contribution in [0.15, 0.2) is 54.8 Å². The van der Waals surface area contributed by atoms with E-state index < -0.39 is 30.1 Å². The lowest BCUT2D eigenvalue weighted by Crippen LogP contribution is -2.32. The minimum Gasteiger partial charge on any atom is -0.507 e. The number of phenols is 1. The molecule has 4 N–H and O–H groups in total. The zero-order valence-electron chi connectivity index (χ0n) is 20.3. The van der Waals surface area contributed by atoms with E-state index in [0.29, 0.717) is 30.9 Å². The number of anilines is 1. The molecule has 36 heavy (non-hydrogen) atoms. The minimum absolute atomic E-state index is 0.0402. The molecule has 2 aromatic rings. The molecule has 2 heterocycles. The van der Waals surface area contributed by atoms with Gasteiger partial charge in [0.1, 0.15) is 35.1 Å². The summed E-state index contributed by atoms with van der Waals surface area (Å²) in [5.74, 6) is -0.906. The first-order valence-corrected chi connectivity index (χ1v) is 11.9. The zero-order valence-corrected chi connectivity index (χ0v) is 20.3. The second-order valence-corrected chi connectivity index (χ2v) is 8.63. The summed E-state index contributed by atoms with van der Waals surface area (Å²) in [7, 11) is 0. The van der Waals surface area contributed by atoms with E-state index in [0.717, 1.165) is 5.82 Å². The van der Waals surface area contributed by atoms with E-state index in [1.54, 1.807) is 26.1 Å². The molecule has 4 atom stereocenters. The molecule has 0 aliphatic carbocycles. The van der Waals surface area contributed by atoms with E-state index >= 15 is 0 Å². The molecule has 0 bridgehead atoms. The zero-order chi connectivity index (χ0) is 26.1. The number of carbonyl (C=O) groups excluding carboxylic acids is 2. The number of nitrogens with zero attached hydrogens (tertiary/aromatic N) is 1. The number of ether oxygens (including phenoxy) is 2. The van der Waals surface area contributed by atoms with Gasteiger partial charge in [0.25, 0.3) is 0 Å². The number of hydrogen-bond donors (Lipinski definition) is 4. The van der Waals surface area contributed by atoms with Gasteiger partial charge in [0, 0.05) is 24.7 Å². The molecule has 192 valence electrons. The van der Waals surface area contributed by atoms with Crippen molar-refractivity contribution in [3.8, 4) is 11.5 Å². The summed E-state index contributed by atoms with van der Waals surface area (Å²) in [5, 5.41) is 34.2. The van der Waals surface area contributed by atoms with Crippen molar-refractivity contribution in [2.45, 2.75) is 45.0 Å². The van der Waals surface area contributed by atoms with Gasteiger partial charge in [0.15, 0.2) is 5.78 Å². The predicted octanol–water partition coefficient (Wildman–Crippen LogP) is 3.11. The molecule has 1 aromatic heterocycles. The molecular formula is C27H32N2O7. The lowest BCUT2D eigenvalue weighted by Gasteiger charge is -2.20. The van der Waals surface area contributed by atoms with Gasteiger partial charge in [-0.15, -0.1) is 0 Å². The lowest BCUT2D eigenvalue weighted by atomic mass is 9.99. The maximum Gasteiger partial charge on any atom is 0.342 e. The van der Waals surface area contributed by atoms with Gasteiger partial charge in [-0.1, -0.05) is 31.2 Å². The molecule has 0 radical (unpaired) electrons. The van der Waals surface area contributed by atoms with E-state index in [1.165, 1.54) is 30.4 Å².